The predicted molar refractivity (Wildman–Crippen MR) is 405 cm³/mol. The van der Waals surface area contributed by atoms with Crippen molar-refractivity contribution >= 4 is 134 Å². The highest BCUT2D eigenvalue weighted by atomic mass is 35.5. The van der Waals surface area contributed by atoms with Crippen molar-refractivity contribution in [3.05, 3.63) is 184 Å². The van der Waals surface area contributed by atoms with Gasteiger partial charge in [0.1, 0.15) is 70.5 Å². The molecule has 9 amide bonds. The number of aryl methyl sites for hydroxylation is 4. The number of hydrogen-bond donors (Lipinski definition) is 6. The van der Waals surface area contributed by atoms with Crippen molar-refractivity contribution in [2.24, 2.45) is 15.7 Å². The number of ketones is 2. The van der Waals surface area contributed by atoms with Gasteiger partial charge in [-0.1, -0.05) is 59.6 Å². The molecule has 8 aromatic rings. The van der Waals surface area contributed by atoms with Crippen molar-refractivity contribution in [1.82, 2.24) is 55.3 Å². The molecule has 2 unspecified atom stereocenters. The molecule has 4 atom stereocenters. The first-order chi connectivity index (χ1) is 54.2. The number of nitrogens with one attached hydrogen (secondary N) is 3. The van der Waals surface area contributed by atoms with Crippen LogP contribution in [0.4, 0.5) is 13.2 Å². The highest BCUT2D eigenvalue weighted by molar-refractivity contribution is 7.15. The molecule has 0 spiro atoms. The number of rotatable bonds is 21. The topological polar surface area (TPSA) is 436 Å². The summed E-state index contributed by atoms with van der Waals surface area (Å²) < 4.78 is 46.8. The zero-order chi connectivity index (χ0) is 82.5. The summed E-state index contributed by atoms with van der Waals surface area (Å²) in [5.74, 6) is -6.72. The lowest BCUT2D eigenvalue weighted by atomic mass is 9.99. The molecule has 0 saturated carbocycles. The van der Waals surface area contributed by atoms with Gasteiger partial charge in [0.25, 0.3) is 23.6 Å². The number of benzene rings is 4. The molecule has 0 bridgehead atoms. The van der Waals surface area contributed by atoms with Crippen LogP contribution in [0.5, 0.6) is 11.5 Å². The summed E-state index contributed by atoms with van der Waals surface area (Å²) in [6.07, 6.45) is -3.88. The van der Waals surface area contributed by atoms with Crippen molar-refractivity contribution in [2.45, 2.75) is 136 Å². The van der Waals surface area contributed by atoms with Crippen LogP contribution >= 0.6 is 45.9 Å². The number of carboxylic acid groups (broad SMARTS) is 2. The number of imide groups is 4. The average Bonchev–Trinajstić information content (AvgIpc) is 1.62. The molecule has 7 N–H and O–H groups in total. The Kier molecular flexibility index (Phi) is 25.5. The Labute approximate surface area is 664 Å². The summed E-state index contributed by atoms with van der Waals surface area (Å²) in [5, 5.41) is 44.1. The molecule has 10 heterocycles. The molecule has 4 aromatic carbocycles. The zero-order valence-corrected chi connectivity index (χ0v) is 64.7. The van der Waals surface area contributed by atoms with Crippen molar-refractivity contribution in [2.75, 3.05) is 26.3 Å². The van der Waals surface area contributed by atoms with Crippen LogP contribution in [0.3, 0.4) is 0 Å². The SMILES string of the molecule is Cc1sc2c(c1C)C(c1ccc(Cl)cc1)=N[C@@H](CC(=O)NCCCC(=O)COc1cccc3c1C(=O)N(C1CCC(=O)NC1=O)C3=O)c1nnc(C)n1-2.Cc1sc2c(c1C)C(c1ccc(Cl)cc1)=N[C@@H](CC(=O)O)c1nnc(C)n1-2.NCCCC(=O)COc1cccc2c1C(=O)N(C1CCC(=O)NC1=O)C2=O.O=C(O)C(F)(F)F. The number of nitrogens with two attached hydrogens (primary N) is 1. The number of aromatic nitrogens is 6. The van der Waals surface area contributed by atoms with Gasteiger partial charge >= 0.3 is 18.1 Å². The van der Waals surface area contributed by atoms with E-state index in [9.17, 15) is 75.8 Å². The van der Waals surface area contributed by atoms with Gasteiger partial charge in [-0.3, -0.25) is 97.1 Å². The number of halogens is 5. The third-order valence-electron chi connectivity index (χ3n) is 19.0. The smallest absolute Gasteiger partial charge is 0.485 e. The normalized spacial score (nSPS) is 17.2. The second kappa shape index (κ2) is 35.0. The Bertz CT molecular complexity index is 5340. The lowest BCUT2D eigenvalue weighted by molar-refractivity contribution is -0.192. The Balaban J connectivity index is 0.000000176. The highest BCUT2D eigenvalue weighted by Gasteiger charge is 2.48. The summed E-state index contributed by atoms with van der Waals surface area (Å²) in [4.78, 5) is 171. The lowest BCUT2D eigenvalue weighted by Gasteiger charge is -2.27. The van der Waals surface area contributed by atoms with Gasteiger partial charge in [-0.2, -0.15) is 13.2 Å². The van der Waals surface area contributed by atoms with Crippen LogP contribution < -0.4 is 31.2 Å². The van der Waals surface area contributed by atoms with Crippen LogP contribution in [-0.2, 0) is 43.2 Å². The molecule has 0 aliphatic carbocycles. The number of aliphatic imine (C=N–C) groups is 2. The Hall–Kier alpha value is -11.9. The largest absolute Gasteiger partial charge is 0.490 e. The van der Waals surface area contributed by atoms with Gasteiger partial charge in [0.2, 0.25) is 29.5 Å². The number of Topliss-reactive ketones (excluding diaryl/α,β-unsaturated/α-hetero) is 2. The Morgan fingerprint density at radius 2 is 0.974 bits per heavy atom. The minimum absolute atomic E-state index is 0.000128. The van der Waals surface area contributed by atoms with Gasteiger partial charge in [-0.05, 0) is 133 Å². The minimum Gasteiger partial charge on any atom is -0.485 e. The van der Waals surface area contributed by atoms with Gasteiger partial charge in [0.05, 0.1) is 46.5 Å². The van der Waals surface area contributed by atoms with E-state index < -0.39 is 89.5 Å². The fraction of sp³-hybridized carbons (Fsp3) is 0.329. The molecular formula is C76H71Cl2F3N14O17S2. The number of fused-ring (bicyclic) bond motifs is 8. The van der Waals surface area contributed by atoms with Gasteiger partial charge in [-0.25, -0.2) is 4.79 Å². The van der Waals surface area contributed by atoms with Crippen molar-refractivity contribution in [1.29, 1.82) is 0 Å². The lowest BCUT2D eigenvalue weighted by Crippen LogP contribution is -2.54. The standard InChI is InChI=1S/C37H34ClN7O7S.C19H17ClN4O2S.C18H19N3O6.C2HF3O2/c1-18-19(2)53-37-30(18)32(21-9-11-22(38)12-10-21)40-25(33-43-42-20(3)44(33)37)16-29(48)39-15-5-6-23(46)17-52-27-8-4-7-24-31(27)36(51)45(35(24)50)26-13-14-28(47)41-34(26)49;1-9-10(2)27-19-16(9)17(12-4-6-13(20)7-5-12)21-14(8-15(25)26)18-23-22-11(3)24(18)19;19-8-2-3-10(22)9-27-13-5-1-4-11-15(13)18(26)21(17(11)25)12-6-7-14(23)20-16(12)24;3-2(4,5)1(6)7/h4,7-12,25-26H,5-6,13-17H2,1-3H3,(H,39,48)(H,41,47,49);4-7,14H,8H2,1-3H3,(H,25,26);1,4-5,12H,2-3,6-9,19H2,(H,20,23,24);(H,6,7)/t25-,26?;14-;;/m00../s1. The third-order valence-corrected chi connectivity index (χ3v) is 21.8. The molecule has 2 fully saturated rings. The molecule has 2 saturated heterocycles. The molecule has 6 aliphatic heterocycles. The number of amides is 9. The highest BCUT2D eigenvalue weighted by Crippen LogP contribution is 2.43. The molecule has 14 rings (SSSR count). The first-order valence-electron chi connectivity index (χ1n) is 35.4. The molecule has 31 nitrogen and oxygen atoms in total. The number of carbonyl (C=O) groups is 13. The maximum Gasteiger partial charge on any atom is 0.490 e. The summed E-state index contributed by atoms with van der Waals surface area (Å²) in [6.45, 7) is 12.0. The van der Waals surface area contributed by atoms with Gasteiger partial charge in [0, 0.05) is 74.3 Å². The monoisotopic (exact) mass is 1640 g/mol. The molecule has 594 valence electrons. The number of carbonyl (C=O) groups excluding carboxylic acids is 11. The second-order valence-electron chi connectivity index (χ2n) is 26.7. The number of ether oxygens (including phenoxy) is 2. The summed E-state index contributed by atoms with van der Waals surface area (Å²) in [7, 11) is 0. The third kappa shape index (κ3) is 17.8. The zero-order valence-electron chi connectivity index (χ0n) is 61.6. The van der Waals surface area contributed by atoms with Crippen molar-refractivity contribution < 1.29 is 95.2 Å². The molecule has 0 radical (unpaired) electrons. The molecule has 4 aromatic heterocycles. The van der Waals surface area contributed by atoms with E-state index in [1.165, 1.54) is 41.3 Å². The van der Waals surface area contributed by atoms with Crippen LogP contribution in [0.2, 0.25) is 10.0 Å². The van der Waals surface area contributed by atoms with Crippen LogP contribution in [-0.4, -0.2) is 182 Å². The number of piperidine rings is 2. The van der Waals surface area contributed by atoms with Crippen LogP contribution in [0.1, 0.15) is 184 Å². The number of nitrogens with zero attached hydrogens (tertiary/aromatic N) is 10. The van der Waals surface area contributed by atoms with Crippen LogP contribution in [0.25, 0.3) is 10.0 Å². The fourth-order valence-electron chi connectivity index (χ4n) is 13.2. The van der Waals surface area contributed by atoms with E-state index in [0.717, 1.165) is 75.3 Å². The first kappa shape index (κ1) is 83.1. The van der Waals surface area contributed by atoms with E-state index in [4.69, 9.17) is 58.3 Å². The maximum absolute atomic E-state index is 13.3. The molecule has 114 heavy (non-hydrogen) atoms. The number of alkyl halides is 3. The number of hydrogen-bond acceptors (Lipinski definition) is 24. The average molecular weight is 1640 g/mol. The van der Waals surface area contributed by atoms with Crippen LogP contribution in [0, 0.1) is 41.5 Å². The van der Waals surface area contributed by atoms with E-state index >= 15 is 0 Å². The van der Waals surface area contributed by atoms with E-state index in [1.807, 2.05) is 71.5 Å². The molecule has 6 aliphatic rings. The van der Waals surface area contributed by atoms with Gasteiger partial charge in [-0.15, -0.1) is 43.1 Å². The Morgan fingerprint density at radius 1 is 0.570 bits per heavy atom. The van der Waals surface area contributed by atoms with Crippen LogP contribution in [0.15, 0.2) is 94.9 Å². The molecular weight excluding hydrogens is 1570 g/mol. The quantitative estimate of drug-likeness (QED) is 0.0289. The summed E-state index contributed by atoms with van der Waals surface area (Å²) in [5.41, 5.74) is 13.0. The van der Waals surface area contributed by atoms with Crippen molar-refractivity contribution in [3.63, 3.8) is 0 Å². The number of carboxylic acids is 2. The summed E-state index contributed by atoms with van der Waals surface area (Å²) >= 11 is 15.5. The Morgan fingerprint density at radius 3 is 1.36 bits per heavy atom. The maximum atomic E-state index is 13.3. The number of thiophene rings is 2. The predicted octanol–water partition coefficient (Wildman–Crippen LogP) is 8.82. The van der Waals surface area contributed by atoms with Gasteiger partial charge in [0.15, 0.2) is 23.2 Å². The molecule has 38 heteroatoms. The van der Waals surface area contributed by atoms with Crippen molar-refractivity contribution in [3.8, 4) is 21.5 Å². The number of aliphatic carboxylic acids is 2. The summed E-state index contributed by atoms with van der Waals surface area (Å²) in [6, 6.07) is 20.4. The van der Waals surface area contributed by atoms with E-state index in [2.05, 4.69) is 64.0 Å². The van der Waals surface area contributed by atoms with E-state index in [1.54, 1.807) is 22.7 Å². The minimum atomic E-state index is -5.08. The van der Waals surface area contributed by atoms with E-state index in [0.29, 0.717) is 46.9 Å². The fourth-order valence-corrected chi connectivity index (χ4v) is 15.8. The second-order valence-corrected chi connectivity index (χ2v) is 29.9. The van der Waals surface area contributed by atoms with E-state index in [-0.39, 0.29) is 122 Å². The first-order valence-corrected chi connectivity index (χ1v) is 37.8. The van der Waals surface area contributed by atoms with Gasteiger partial charge < -0.3 is 30.7 Å².